The smallest absolute Gasteiger partial charge is 0.171 e. The number of rotatable bonds is 3. The normalized spacial score (nSPS) is 11.5. The quantitative estimate of drug-likeness (QED) is 0.378. The van der Waals surface area contributed by atoms with Gasteiger partial charge in [-0.25, -0.2) is 0 Å². The summed E-state index contributed by atoms with van der Waals surface area (Å²) in [5.74, 6) is 1.17. The van der Waals surface area contributed by atoms with E-state index in [1.165, 1.54) is 0 Å². The van der Waals surface area contributed by atoms with E-state index in [-0.39, 0.29) is 5.84 Å². The highest BCUT2D eigenvalue weighted by Gasteiger charge is 2.09. The first-order valence-electron chi connectivity index (χ1n) is 6.14. The molecular weight excluding hydrogens is 311 g/mol. The number of nitrogens with zero attached hydrogens (tertiary/aromatic N) is 1. The van der Waals surface area contributed by atoms with E-state index < -0.39 is 0 Å². The fourth-order valence-electron chi connectivity index (χ4n) is 1.92. The number of halogens is 2. The van der Waals surface area contributed by atoms with Crippen LogP contribution in [0.5, 0.6) is 11.5 Å². The highest BCUT2D eigenvalue weighted by Crippen LogP contribution is 2.31. The molecule has 0 aliphatic rings. The summed E-state index contributed by atoms with van der Waals surface area (Å²) >= 11 is 12.2. The molecule has 0 atom stereocenters. The zero-order valence-electron chi connectivity index (χ0n) is 11.5. The maximum atomic E-state index is 8.66. The number of nitrogens with two attached hydrogens (primary N) is 1. The maximum absolute atomic E-state index is 8.66. The Kier molecular flexibility index (Phi) is 4.60. The van der Waals surface area contributed by atoms with Gasteiger partial charge in [0.25, 0.3) is 0 Å². The summed E-state index contributed by atoms with van der Waals surface area (Å²) in [4.78, 5) is 0. The molecule has 0 spiro atoms. The Morgan fingerprint density at radius 2 is 1.71 bits per heavy atom. The summed E-state index contributed by atoms with van der Waals surface area (Å²) in [6.45, 7) is 3.83. The van der Waals surface area contributed by atoms with Crippen molar-refractivity contribution in [2.24, 2.45) is 10.9 Å². The lowest BCUT2D eigenvalue weighted by atomic mass is 10.1. The van der Waals surface area contributed by atoms with Gasteiger partial charge in [-0.05, 0) is 49.2 Å². The first-order valence-corrected chi connectivity index (χ1v) is 6.90. The molecule has 2 aromatic carbocycles. The van der Waals surface area contributed by atoms with Gasteiger partial charge in [0.2, 0.25) is 0 Å². The van der Waals surface area contributed by atoms with Gasteiger partial charge in [0.1, 0.15) is 11.5 Å². The first-order chi connectivity index (χ1) is 9.92. The van der Waals surface area contributed by atoms with Gasteiger partial charge in [-0.1, -0.05) is 28.4 Å². The van der Waals surface area contributed by atoms with Gasteiger partial charge >= 0.3 is 0 Å². The number of oxime groups is 1. The summed E-state index contributed by atoms with van der Waals surface area (Å²) in [6.07, 6.45) is 0. The summed E-state index contributed by atoms with van der Waals surface area (Å²) in [6, 6.07) is 8.62. The molecule has 0 bridgehead atoms. The summed E-state index contributed by atoms with van der Waals surface area (Å²) < 4.78 is 5.76. The zero-order chi connectivity index (χ0) is 15.6. The number of amidine groups is 1. The van der Waals surface area contributed by atoms with E-state index in [1.54, 1.807) is 18.2 Å². The largest absolute Gasteiger partial charge is 0.457 e. The van der Waals surface area contributed by atoms with Gasteiger partial charge in [-0.2, -0.15) is 0 Å². The third-order valence-electron chi connectivity index (χ3n) is 2.97. The molecule has 6 heteroatoms. The molecule has 4 nitrogen and oxygen atoms in total. The molecule has 0 fully saturated rings. The van der Waals surface area contributed by atoms with Crippen molar-refractivity contribution in [1.29, 1.82) is 0 Å². The molecule has 2 rings (SSSR count). The Balaban J connectivity index is 2.31. The van der Waals surface area contributed by atoms with Crippen LogP contribution in [0.3, 0.4) is 0 Å². The monoisotopic (exact) mass is 324 g/mol. The number of aryl methyl sites for hydroxylation is 2. The van der Waals surface area contributed by atoms with E-state index in [9.17, 15) is 0 Å². The van der Waals surface area contributed by atoms with Crippen molar-refractivity contribution >= 4 is 29.0 Å². The fourth-order valence-corrected chi connectivity index (χ4v) is 2.30. The third-order valence-corrected chi connectivity index (χ3v) is 3.88. The third kappa shape index (κ3) is 3.40. The number of hydrogen-bond acceptors (Lipinski definition) is 3. The molecule has 110 valence electrons. The van der Waals surface area contributed by atoms with E-state index in [1.807, 2.05) is 26.0 Å². The van der Waals surface area contributed by atoms with Crippen molar-refractivity contribution in [2.45, 2.75) is 13.8 Å². The molecule has 0 saturated heterocycles. The lowest BCUT2D eigenvalue weighted by Gasteiger charge is -2.11. The second-order valence-corrected chi connectivity index (χ2v) is 5.39. The SMILES string of the molecule is Cc1cc(Oc2ccc(C(N)=NO)c(Cl)c2)cc(C)c1Cl. The van der Waals surface area contributed by atoms with E-state index >= 15 is 0 Å². The average molecular weight is 325 g/mol. The van der Waals surface area contributed by atoms with Gasteiger partial charge in [0.05, 0.1) is 5.02 Å². The lowest BCUT2D eigenvalue weighted by Crippen LogP contribution is -2.13. The number of ether oxygens (including phenoxy) is 1. The van der Waals surface area contributed by atoms with Gasteiger partial charge in [-0.3, -0.25) is 0 Å². The first kappa shape index (κ1) is 15.5. The number of hydrogen-bond donors (Lipinski definition) is 2. The van der Waals surface area contributed by atoms with Crippen LogP contribution >= 0.6 is 23.2 Å². The molecule has 0 unspecified atom stereocenters. The van der Waals surface area contributed by atoms with E-state index in [0.29, 0.717) is 22.1 Å². The van der Waals surface area contributed by atoms with Gasteiger partial charge in [0, 0.05) is 16.7 Å². The minimum absolute atomic E-state index is 0.0512. The predicted molar refractivity (Wildman–Crippen MR) is 85.0 cm³/mol. The van der Waals surface area contributed by atoms with Crippen molar-refractivity contribution in [2.75, 3.05) is 0 Å². The molecule has 3 N–H and O–H groups in total. The van der Waals surface area contributed by atoms with Crippen LogP contribution < -0.4 is 10.5 Å². The second-order valence-electron chi connectivity index (χ2n) is 4.60. The molecule has 2 aromatic rings. The zero-order valence-corrected chi connectivity index (χ0v) is 13.0. The summed E-state index contributed by atoms with van der Waals surface area (Å²) in [5, 5.41) is 12.6. The van der Waals surface area contributed by atoms with Crippen molar-refractivity contribution < 1.29 is 9.94 Å². The predicted octanol–water partition coefficient (Wildman–Crippen LogP) is 4.50. The van der Waals surface area contributed by atoms with E-state index in [0.717, 1.165) is 16.1 Å². The van der Waals surface area contributed by atoms with Crippen molar-refractivity contribution in [3.05, 3.63) is 57.1 Å². The molecule has 0 aromatic heterocycles. The molecule has 0 amide bonds. The Morgan fingerprint density at radius 3 is 2.24 bits per heavy atom. The van der Waals surface area contributed by atoms with E-state index in [4.69, 9.17) is 38.9 Å². The van der Waals surface area contributed by atoms with Crippen LogP contribution in [0.1, 0.15) is 16.7 Å². The molecule has 0 heterocycles. The van der Waals surface area contributed by atoms with Crippen LogP contribution in [0.2, 0.25) is 10.0 Å². The van der Waals surface area contributed by atoms with Gasteiger partial charge in [0.15, 0.2) is 5.84 Å². The highest BCUT2D eigenvalue weighted by atomic mass is 35.5. The van der Waals surface area contributed by atoms with Crippen LogP contribution in [0, 0.1) is 13.8 Å². The fraction of sp³-hybridized carbons (Fsp3) is 0.133. The number of benzene rings is 2. The molecule has 21 heavy (non-hydrogen) atoms. The Labute approximate surface area is 132 Å². The van der Waals surface area contributed by atoms with Crippen LogP contribution in [-0.2, 0) is 0 Å². The van der Waals surface area contributed by atoms with Crippen molar-refractivity contribution in [3.8, 4) is 11.5 Å². The van der Waals surface area contributed by atoms with Crippen LogP contribution in [0.4, 0.5) is 0 Å². The Bertz CT molecular complexity index is 692. The van der Waals surface area contributed by atoms with E-state index in [2.05, 4.69) is 5.16 Å². The molecule has 0 aliphatic heterocycles. The molecule has 0 radical (unpaired) electrons. The van der Waals surface area contributed by atoms with Gasteiger partial charge < -0.3 is 15.7 Å². The topological polar surface area (TPSA) is 67.8 Å². The Hall–Kier alpha value is -1.91. The van der Waals surface area contributed by atoms with Crippen molar-refractivity contribution in [3.63, 3.8) is 0 Å². The lowest BCUT2D eigenvalue weighted by molar-refractivity contribution is 0.318. The van der Waals surface area contributed by atoms with Crippen LogP contribution in [0.25, 0.3) is 0 Å². The summed E-state index contributed by atoms with van der Waals surface area (Å²) in [7, 11) is 0. The maximum Gasteiger partial charge on any atom is 0.171 e. The summed E-state index contributed by atoms with van der Waals surface area (Å²) in [5.41, 5.74) is 7.83. The van der Waals surface area contributed by atoms with Crippen molar-refractivity contribution in [1.82, 2.24) is 0 Å². The standard InChI is InChI=1S/C15H14Cl2N2O2/c1-8-5-11(6-9(2)14(8)17)21-10-3-4-12(13(16)7-10)15(18)19-20/h3-7,20H,1-2H3,(H2,18,19). The molecule has 0 saturated carbocycles. The highest BCUT2D eigenvalue weighted by molar-refractivity contribution is 6.34. The Morgan fingerprint density at radius 1 is 1.10 bits per heavy atom. The second kappa shape index (κ2) is 6.24. The van der Waals surface area contributed by atoms with Crippen LogP contribution in [-0.4, -0.2) is 11.0 Å². The minimum atomic E-state index is -0.0512. The minimum Gasteiger partial charge on any atom is -0.457 e. The van der Waals surface area contributed by atoms with Crippen LogP contribution in [0.15, 0.2) is 35.5 Å². The average Bonchev–Trinajstić information content (AvgIpc) is 2.44. The molecule has 0 aliphatic carbocycles. The molecular formula is C15H14Cl2N2O2. The van der Waals surface area contributed by atoms with Gasteiger partial charge in [-0.15, -0.1) is 0 Å².